The molecule has 0 aliphatic heterocycles. The highest BCUT2D eigenvalue weighted by molar-refractivity contribution is 5.89. The summed E-state index contributed by atoms with van der Waals surface area (Å²) < 4.78 is 20.6. The van der Waals surface area contributed by atoms with Crippen molar-refractivity contribution in [1.29, 1.82) is 0 Å². The van der Waals surface area contributed by atoms with Gasteiger partial charge in [0, 0.05) is 18.1 Å². The second-order valence-corrected chi connectivity index (χ2v) is 4.11. The summed E-state index contributed by atoms with van der Waals surface area (Å²) in [4.78, 5) is 11.1. The lowest BCUT2D eigenvalue weighted by molar-refractivity contribution is -0.133. The highest BCUT2D eigenvalue weighted by Gasteiger charge is 2.12. The third-order valence-corrected chi connectivity index (χ3v) is 2.33. The third kappa shape index (κ3) is 4.09. The summed E-state index contributed by atoms with van der Waals surface area (Å²) in [5.74, 6) is 5.95. The average Bonchev–Trinajstić information content (AvgIpc) is 2.43. The lowest BCUT2D eigenvalue weighted by Crippen LogP contribution is -2.06. The number of ether oxygens (including phenoxy) is 4. The zero-order chi connectivity index (χ0) is 15.1. The molecule has 1 aromatic rings. The SMILES string of the molecule is COC(=O)C#Cc1c(OC)cc(OC(C)C)cc1OC. The molecule has 5 nitrogen and oxygen atoms in total. The summed E-state index contributed by atoms with van der Waals surface area (Å²) in [6.45, 7) is 3.84. The number of hydrogen-bond donors (Lipinski definition) is 0. The minimum atomic E-state index is -0.628. The smallest absolute Gasteiger partial charge is 0.384 e. The first-order chi connectivity index (χ1) is 9.51. The Labute approximate surface area is 118 Å². The van der Waals surface area contributed by atoms with Crippen LogP contribution in [-0.4, -0.2) is 33.4 Å². The van der Waals surface area contributed by atoms with Crippen molar-refractivity contribution in [2.24, 2.45) is 0 Å². The number of esters is 1. The Hall–Kier alpha value is -2.35. The van der Waals surface area contributed by atoms with Crippen LogP contribution in [0.1, 0.15) is 19.4 Å². The van der Waals surface area contributed by atoms with E-state index in [2.05, 4.69) is 16.6 Å². The summed E-state index contributed by atoms with van der Waals surface area (Å²) in [7, 11) is 4.29. The molecule has 0 amide bonds. The lowest BCUT2D eigenvalue weighted by atomic mass is 10.1. The van der Waals surface area contributed by atoms with Gasteiger partial charge in [0.15, 0.2) is 0 Å². The molecular formula is C15H18O5. The molecule has 1 aromatic carbocycles. The lowest BCUT2D eigenvalue weighted by Gasteiger charge is -2.14. The van der Waals surface area contributed by atoms with Crippen molar-refractivity contribution in [3.8, 4) is 29.1 Å². The molecular weight excluding hydrogens is 260 g/mol. The van der Waals surface area contributed by atoms with E-state index >= 15 is 0 Å². The van der Waals surface area contributed by atoms with Crippen molar-refractivity contribution in [2.45, 2.75) is 20.0 Å². The Morgan fingerprint density at radius 1 is 1.10 bits per heavy atom. The van der Waals surface area contributed by atoms with Gasteiger partial charge in [0.25, 0.3) is 0 Å². The minimum Gasteiger partial charge on any atom is -0.495 e. The molecule has 1 rings (SSSR count). The van der Waals surface area contributed by atoms with E-state index in [1.807, 2.05) is 13.8 Å². The second-order valence-electron chi connectivity index (χ2n) is 4.11. The van der Waals surface area contributed by atoms with Crippen molar-refractivity contribution in [1.82, 2.24) is 0 Å². The molecule has 0 radical (unpaired) electrons. The Morgan fingerprint density at radius 3 is 2.05 bits per heavy atom. The van der Waals surface area contributed by atoms with Crippen LogP contribution in [0.3, 0.4) is 0 Å². The normalized spacial score (nSPS) is 9.50. The van der Waals surface area contributed by atoms with Crippen molar-refractivity contribution in [3.63, 3.8) is 0 Å². The summed E-state index contributed by atoms with van der Waals surface area (Å²) in [6, 6.07) is 3.40. The topological polar surface area (TPSA) is 54.0 Å². The van der Waals surface area contributed by atoms with E-state index < -0.39 is 5.97 Å². The summed E-state index contributed by atoms with van der Waals surface area (Å²) in [6.07, 6.45) is 0.0245. The highest BCUT2D eigenvalue weighted by atomic mass is 16.5. The van der Waals surface area contributed by atoms with Gasteiger partial charge in [-0.1, -0.05) is 0 Å². The van der Waals surface area contributed by atoms with Crippen LogP contribution in [0.4, 0.5) is 0 Å². The molecule has 0 N–H and O–H groups in total. The number of rotatable bonds is 4. The van der Waals surface area contributed by atoms with Crippen LogP contribution in [0, 0.1) is 11.8 Å². The molecule has 108 valence electrons. The Morgan fingerprint density at radius 2 is 1.65 bits per heavy atom. The van der Waals surface area contributed by atoms with E-state index in [1.165, 1.54) is 21.3 Å². The van der Waals surface area contributed by atoms with E-state index in [1.54, 1.807) is 12.1 Å². The van der Waals surface area contributed by atoms with E-state index in [9.17, 15) is 4.79 Å². The van der Waals surface area contributed by atoms with Crippen LogP contribution in [0.15, 0.2) is 12.1 Å². The third-order valence-electron chi connectivity index (χ3n) is 2.33. The fourth-order valence-electron chi connectivity index (χ4n) is 1.52. The Balaban J connectivity index is 3.27. The summed E-state index contributed by atoms with van der Waals surface area (Å²) >= 11 is 0. The van der Waals surface area contributed by atoms with Gasteiger partial charge in [0.2, 0.25) is 0 Å². The van der Waals surface area contributed by atoms with Gasteiger partial charge >= 0.3 is 5.97 Å². The number of carbonyl (C=O) groups is 1. The molecule has 20 heavy (non-hydrogen) atoms. The monoisotopic (exact) mass is 278 g/mol. The van der Waals surface area contributed by atoms with Gasteiger partial charge in [0.1, 0.15) is 22.8 Å². The Bertz CT molecular complexity index is 512. The van der Waals surface area contributed by atoms with Crippen molar-refractivity contribution >= 4 is 5.97 Å². The zero-order valence-corrected chi connectivity index (χ0v) is 12.3. The molecule has 0 spiro atoms. The first-order valence-corrected chi connectivity index (χ1v) is 6.04. The molecule has 0 heterocycles. The van der Waals surface area contributed by atoms with Crippen molar-refractivity contribution in [3.05, 3.63) is 17.7 Å². The van der Waals surface area contributed by atoms with Gasteiger partial charge in [-0.25, -0.2) is 4.79 Å². The van der Waals surface area contributed by atoms with Crippen LogP contribution >= 0.6 is 0 Å². The maximum atomic E-state index is 11.1. The van der Waals surface area contributed by atoms with E-state index in [0.29, 0.717) is 22.8 Å². The minimum absolute atomic E-state index is 0.0245. The van der Waals surface area contributed by atoms with Crippen LogP contribution in [0.5, 0.6) is 17.2 Å². The van der Waals surface area contributed by atoms with Gasteiger partial charge in [-0.2, -0.15) is 0 Å². The van der Waals surface area contributed by atoms with Crippen LogP contribution in [0.25, 0.3) is 0 Å². The van der Waals surface area contributed by atoms with Gasteiger partial charge < -0.3 is 18.9 Å². The predicted octanol–water partition coefficient (Wildman–Crippen LogP) is 2.02. The molecule has 0 saturated heterocycles. The zero-order valence-electron chi connectivity index (χ0n) is 12.3. The molecule has 0 aliphatic carbocycles. The molecule has 0 aliphatic rings. The number of hydrogen-bond acceptors (Lipinski definition) is 5. The maximum absolute atomic E-state index is 11.1. The number of methoxy groups -OCH3 is 3. The standard InChI is InChI=1S/C15H18O5/c1-10(2)20-11-8-13(17-3)12(14(9-11)18-4)6-7-15(16)19-5/h8-10H,1-5H3. The molecule has 0 unspecified atom stereocenters. The van der Waals surface area contributed by atoms with Crippen LogP contribution in [0.2, 0.25) is 0 Å². The number of benzene rings is 1. The van der Waals surface area contributed by atoms with Crippen LogP contribution in [-0.2, 0) is 9.53 Å². The molecule has 0 atom stereocenters. The van der Waals surface area contributed by atoms with E-state index in [-0.39, 0.29) is 6.10 Å². The maximum Gasteiger partial charge on any atom is 0.384 e. The largest absolute Gasteiger partial charge is 0.495 e. The first-order valence-electron chi connectivity index (χ1n) is 6.04. The van der Waals surface area contributed by atoms with E-state index in [0.717, 1.165) is 0 Å². The fourth-order valence-corrected chi connectivity index (χ4v) is 1.52. The predicted molar refractivity (Wildman–Crippen MR) is 74.2 cm³/mol. The molecule has 0 fully saturated rings. The molecule has 0 aromatic heterocycles. The van der Waals surface area contributed by atoms with Gasteiger partial charge in [-0.15, -0.1) is 0 Å². The average molecular weight is 278 g/mol. The molecule has 0 bridgehead atoms. The summed E-state index contributed by atoms with van der Waals surface area (Å²) in [5.41, 5.74) is 0.469. The number of carbonyl (C=O) groups excluding carboxylic acids is 1. The van der Waals surface area contributed by atoms with E-state index in [4.69, 9.17) is 14.2 Å². The van der Waals surface area contributed by atoms with Gasteiger partial charge in [-0.3, -0.25) is 0 Å². The quantitative estimate of drug-likeness (QED) is 0.623. The molecule has 5 heteroatoms. The highest BCUT2D eigenvalue weighted by Crippen LogP contribution is 2.33. The molecule has 0 saturated carbocycles. The van der Waals surface area contributed by atoms with Gasteiger partial charge in [0.05, 0.1) is 27.4 Å². The van der Waals surface area contributed by atoms with Crippen LogP contribution < -0.4 is 14.2 Å². The van der Waals surface area contributed by atoms with Crippen molar-refractivity contribution < 1.29 is 23.7 Å². The Kier molecular flexibility index (Phi) is 5.73. The second kappa shape index (κ2) is 7.29. The van der Waals surface area contributed by atoms with Crippen molar-refractivity contribution in [2.75, 3.05) is 21.3 Å². The first kappa shape index (κ1) is 15.7. The summed E-state index contributed by atoms with van der Waals surface area (Å²) in [5, 5.41) is 0. The van der Waals surface area contributed by atoms with Gasteiger partial charge in [-0.05, 0) is 19.8 Å². The fraction of sp³-hybridized carbons (Fsp3) is 0.400.